The third-order valence-corrected chi connectivity index (χ3v) is 4.51. The molecular formula is C19H24N2O2. The fraction of sp³-hybridized carbons (Fsp3) is 0.316. The molecule has 2 aromatic rings. The maximum atomic E-state index is 12.3. The van der Waals surface area contributed by atoms with Crippen LogP contribution in [-0.2, 0) is 5.54 Å². The van der Waals surface area contributed by atoms with E-state index >= 15 is 0 Å². The summed E-state index contributed by atoms with van der Waals surface area (Å²) in [5.41, 5.74) is 2.68. The Labute approximate surface area is 138 Å². The summed E-state index contributed by atoms with van der Waals surface area (Å²) in [6.45, 7) is 4.13. The number of carbonyl (C=O) groups is 1. The summed E-state index contributed by atoms with van der Waals surface area (Å²) in [5, 5.41) is 2.71. The van der Waals surface area contributed by atoms with Gasteiger partial charge in [0.25, 0.3) is 0 Å². The second-order valence-electron chi connectivity index (χ2n) is 5.73. The quantitative estimate of drug-likeness (QED) is 0.938. The second kappa shape index (κ2) is 6.73. The third kappa shape index (κ3) is 3.02. The highest BCUT2D eigenvalue weighted by atomic mass is 16.5. The number of nitrogens with zero attached hydrogens (tertiary/aromatic N) is 1. The van der Waals surface area contributed by atoms with E-state index in [1.807, 2.05) is 43.4 Å². The second-order valence-corrected chi connectivity index (χ2v) is 5.73. The fourth-order valence-corrected chi connectivity index (χ4v) is 2.94. The number of benzene rings is 2. The molecule has 4 heteroatoms. The summed E-state index contributed by atoms with van der Waals surface area (Å²) in [4.78, 5) is 14.1. The lowest BCUT2D eigenvalue weighted by Crippen LogP contribution is -2.49. The van der Waals surface area contributed by atoms with Crippen molar-refractivity contribution in [3.8, 4) is 5.75 Å². The van der Waals surface area contributed by atoms with Gasteiger partial charge in [-0.15, -0.1) is 0 Å². The number of hydrogen-bond acceptors (Lipinski definition) is 2. The van der Waals surface area contributed by atoms with Gasteiger partial charge in [0, 0.05) is 14.1 Å². The van der Waals surface area contributed by atoms with E-state index in [-0.39, 0.29) is 6.03 Å². The molecule has 0 bridgehead atoms. The highest BCUT2D eigenvalue weighted by Crippen LogP contribution is 2.37. The summed E-state index contributed by atoms with van der Waals surface area (Å²) in [5.74, 6) is 0.795. The van der Waals surface area contributed by atoms with Crippen LogP contribution in [-0.4, -0.2) is 32.1 Å². The molecule has 4 nitrogen and oxygen atoms in total. The number of carbonyl (C=O) groups excluding carboxylic acids is 1. The molecule has 0 aliphatic carbocycles. The van der Waals surface area contributed by atoms with Gasteiger partial charge in [-0.25, -0.2) is 4.79 Å². The first-order valence-electron chi connectivity index (χ1n) is 7.61. The van der Waals surface area contributed by atoms with Crippen LogP contribution in [0.3, 0.4) is 0 Å². The monoisotopic (exact) mass is 312 g/mol. The molecule has 0 unspecified atom stereocenters. The Kier molecular flexibility index (Phi) is 4.94. The molecule has 122 valence electrons. The molecule has 1 atom stereocenters. The number of ether oxygens (including phenoxy) is 1. The van der Waals surface area contributed by atoms with Crippen LogP contribution in [0.25, 0.3) is 0 Å². The van der Waals surface area contributed by atoms with Crippen molar-refractivity contribution >= 4 is 6.03 Å². The van der Waals surface area contributed by atoms with Crippen molar-refractivity contribution in [1.29, 1.82) is 0 Å². The van der Waals surface area contributed by atoms with Crippen molar-refractivity contribution in [2.45, 2.75) is 19.4 Å². The number of methoxy groups -OCH3 is 1. The normalized spacial score (nSPS) is 13.1. The van der Waals surface area contributed by atoms with Crippen LogP contribution in [0, 0.1) is 6.92 Å². The number of amides is 2. The Balaban J connectivity index is 2.63. The minimum absolute atomic E-state index is 0.133. The van der Waals surface area contributed by atoms with E-state index < -0.39 is 5.54 Å². The molecule has 1 N–H and O–H groups in total. The van der Waals surface area contributed by atoms with Gasteiger partial charge in [0.05, 0.1) is 12.6 Å². The Morgan fingerprint density at radius 2 is 1.74 bits per heavy atom. The van der Waals surface area contributed by atoms with E-state index in [9.17, 15) is 4.79 Å². The minimum Gasteiger partial charge on any atom is -0.497 e. The minimum atomic E-state index is -0.586. The van der Waals surface area contributed by atoms with Gasteiger partial charge in [0.2, 0.25) is 0 Å². The lowest BCUT2D eigenvalue weighted by Gasteiger charge is -2.40. The highest BCUT2D eigenvalue weighted by molar-refractivity contribution is 5.75. The van der Waals surface area contributed by atoms with Crippen LogP contribution >= 0.6 is 0 Å². The Hall–Kier alpha value is -2.49. The van der Waals surface area contributed by atoms with Crippen molar-refractivity contribution < 1.29 is 9.53 Å². The third-order valence-electron chi connectivity index (χ3n) is 4.51. The van der Waals surface area contributed by atoms with Gasteiger partial charge in [0.15, 0.2) is 0 Å². The van der Waals surface area contributed by atoms with Crippen LogP contribution in [0.15, 0.2) is 48.5 Å². The molecule has 0 aromatic heterocycles. The summed E-state index contributed by atoms with van der Waals surface area (Å²) in [6, 6.07) is 15.9. The molecule has 0 radical (unpaired) electrons. The maximum Gasteiger partial charge on any atom is 0.317 e. The lowest BCUT2D eigenvalue weighted by molar-refractivity contribution is 0.168. The predicted octanol–water partition coefficient (Wildman–Crippen LogP) is 3.54. The smallest absolute Gasteiger partial charge is 0.317 e. The summed E-state index contributed by atoms with van der Waals surface area (Å²) < 4.78 is 5.25. The van der Waals surface area contributed by atoms with Gasteiger partial charge in [-0.05, 0) is 42.7 Å². The van der Waals surface area contributed by atoms with Gasteiger partial charge in [-0.1, -0.05) is 36.4 Å². The largest absolute Gasteiger partial charge is 0.497 e. The van der Waals surface area contributed by atoms with E-state index in [2.05, 4.69) is 31.3 Å². The van der Waals surface area contributed by atoms with Gasteiger partial charge < -0.3 is 15.0 Å². The van der Waals surface area contributed by atoms with Crippen molar-refractivity contribution in [2.75, 3.05) is 21.2 Å². The average molecular weight is 312 g/mol. The highest BCUT2D eigenvalue weighted by Gasteiger charge is 2.37. The first-order valence-corrected chi connectivity index (χ1v) is 7.61. The van der Waals surface area contributed by atoms with Crippen molar-refractivity contribution in [3.63, 3.8) is 0 Å². The van der Waals surface area contributed by atoms with Gasteiger partial charge in [-0.2, -0.15) is 0 Å². The van der Waals surface area contributed by atoms with Gasteiger partial charge in [0.1, 0.15) is 5.75 Å². The Bertz CT molecular complexity index is 682. The number of aryl methyl sites for hydroxylation is 1. The van der Waals surface area contributed by atoms with Crippen LogP contribution in [0.4, 0.5) is 4.79 Å². The van der Waals surface area contributed by atoms with Crippen molar-refractivity contribution in [1.82, 2.24) is 10.2 Å². The molecule has 23 heavy (non-hydrogen) atoms. The average Bonchev–Trinajstić information content (AvgIpc) is 2.60. The van der Waals surface area contributed by atoms with E-state index in [1.54, 1.807) is 19.1 Å². The van der Waals surface area contributed by atoms with E-state index in [1.165, 1.54) is 0 Å². The zero-order valence-corrected chi connectivity index (χ0v) is 14.4. The topological polar surface area (TPSA) is 41.6 Å². The number of nitrogens with one attached hydrogen (secondary N) is 1. The number of urea groups is 1. The maximum absolute atomic E-state index is 12.3. The molecule has 2 rings (SSSR count). The zero-order valence-electron chi connectivity index (χ0n) is 14.4. The molecule has 2 amide bonds. The van der Waals surface area contributed by atoms with Crippen LogP contribution in [0.2, 0.25) is 0 Å². The Morgan fingerprint density at radius 3 is 2.26 bits per heavy atom. The molecule has 0 saturated heterocycles. The Morgan fingerprint density at radius 1 is 1.13 bits per heavy atom. The first kappa shape index (κ1) is 16.9. The van der Waals surface area contributed by atoms with Crippen molar-refractivity contribution in [2.24, 2.45) is 0 Å². The molecule has 0 fully saturated rings. The summed E-state index contributed by atoms with van der Waals surface area (Å²) in [7, 11) is 5.10. The molecule has 0 spiro atoms. The van der Waals surface area contributed by atoms with Crippen LogP contribution < -0.4 is 10.1 Å². The van der Waals surface area contributed by atoms with Crippen molar-refractivity contribution in [3.05, 3.63) is 65.2 Å². The molecule has 0 heterocycles. The van der Waals surface area contributed by atoms with Gasteiger partial charge in [-0.3, -0.25) is 0 Å². The van der Waals surface area contributed by atoms with E-state index in [0.717, 1.165) is 22.4 Å². The van der Waals surface area contributed by atoms with E-state index in [0.29, 0.717) is 0 Å². The molecule has 0 saturated carbocycles. The lowest BCUT2D eigenvalue weighted by atomic mass is 9.81. The first-order chi connectivity index (χ1) is 10.9. The molecule has 0 aliphatic rings. The molecule has 0 aliphatic heterocycles. The van der Waals surface area contributed by atoms with E-state index in [4.69, 9.17) is 4.74 Å². The zero-order chi connectivity index (χ0) is 17.0. The SMILES string of the molecule is CNC(=O)N(C)[C@](C)(c1ccc(OC)cc1)c1ccccc1C. The predicted molar refractivity (Wildman–Crippen MR) is 92.8 cm³/mol. The number of rotatable bonds is 4. The van der Waals surface area contributed by atoms with Gasteiger partial charge >= 0.3 is 6.03 Å². The summed E-state index contributed by atoms with van der Waals surface area (Å²) in [6.07, 6.45) is 0. The van der Waals surface area contributed by atoms with Crippen LogP contribution in [0.5, 0.6) is 5.75 Å². The van der Waals surface area contributed by atoms with Crippen LogP contribution in [0.1, 0.15) is 23.6 Å². The summed E-state index contributed by atoms with van der Waals surface area (Å²) >= 11 is 0. The molecule has 2 aromatic carbocycles. The standard InChI is InChI=1S/C19H24N2O2/c1-14-8-6-7-9-17(14)19(2,21(4)18(22)20-3)15-10-12-16(23-5)13-11-15/h6-13H,1-5H3,(H,20,22)/t19-/m1/s1. The molecular weight excluding hydrogens is 288 g/mol. The fourth-order valence-electron chi connectivity index (χ4n) is 2.94. The number of hydrogen-bond donors (Lipinski definition) is 1.